The molecule has 1 aromatic heterocycles. The number of aromatic nitrogens is 2. The summed E-state index contributed by atoms with van der Waals surface area (Å²) in [6, 6.07) is 19.0. The van der Waals surface area contributed by atoms with Gasteiger partial charge < -0.3 is 9.26 Å². The van der Waals surface area contributed by atoms with Gasteiger partial charge in [0.15, 0.2) is 6.10 Å². The molecule has 1 unspecified atom stereocenters. The Morgan fingerprint density at radius 3 is 2.64 bits per heavy atom. The Balaban J connectivity index is 1.48. The molecule has 0 radical (unpaired) electrons. The monoisotopic (exact) mass is 377 g/mol. The summed E-state index contributed by atoms with van der Waals surface area (Å²) in [6.45, 7) is 1.57. The number of carbonyl (C=O) groups excluding carboxylic acids is 1. The maximum atomic E-state index is 12.9. The molecule has 1 amide bonds. The number of ether oxygens (including phenoxy) is 1. The number of rotatable bonds is 5. The number of carbonyl (C=O) groups is 1. The van der Waals surface area contributed by atoms with Crippen LogP contribution >= 0.6 is 0 Å². The van der Waals surface area contributed by atoms with Gasteiger partial charge in [-0.1, -0.05) is 36.4 Å². The topological polar surface area (TPSA) is 77.2 Å². The van der Waals surface area contributed by atoms with Crippen LogP contribution in [-0.4, -0.2) is 22.2 Å². The van der Waals surface area contributed by atoms with Gasteiger partial charge in [0.1, 0.15) is 11.6 Å². The lowest BCUT2D eigenvalue weighted by molar-refractivity contribution is -0.122. The first-order valence-electron chi connectivity index (χ1n) is 8.65. The Kier molecular flexibility index (Phi) is 4.72. The Morgan fingerprint density at radius 2 is 1.82 bits per heavy atom. The van der Waals surface area contributed by atoms with E-state index in [9.17, 15) is 9.18 Å². The van der Waals surface area contributed by atoms with Crippen LogP contribution in [0.1, 0.15) is 6.92 Å². The number of nitrogens with one attached hydrogen (secondary N) is 1. The third kappa shape index (κ3) is 3.68. The second-order valence-electron chi connectivity index (χ2n) is 6.15. The molecule has 4 aromatic rings. The van der Waals surface area contributed by atoms with Crippen molar-refractivity contribution in [1.29, 1.82) is 0 Å². The maximum absolute atomic E-state index is 12.9. The second kappa shape index (κ2) is 7.48. The van der Waals surface area contributed by atoms with Crippen molar-refractivity contribution < 1.29 is 18.4 Å². The molecule has 1 N–H and O–H groups in total. The van der Waals surface area contributed by atoms with E-state index in [-0.39, 0.29) is 11.8 Å². The zero-order chi connectivity index (χ0) is 19.5. The van der Waals surface area contributed by atoms with Crippen molar-refractivity contribution in [2.75, 3.05) is 5.32 Å². The van der Waals surface area contributed by atoms with Crippen molar-refractivity contribution in [1.82, 2.24) is 10.1 Å². The molecule has 0 fully saturated rings. The van der Waals surface area contributed by atoms with Gasteiger partial charge in [0.25, 0.3) is 17.7 Å². The van der Waals surface area contributed by atoms with E-state index in [1.165, 1.54) is 24.3 Å². The average molecular weight is 377 g/mol. The van der Waals surface area contributed by atoms with Crippen LogP contribution in [0.5, 0.6) is 5.75 Å². The third-order valence-corrected chi connectivity index (χ3v) is 4.18. The van der Waals surface area contributed by atoms with Gasteiger partial charge in [-0.25, -0.2) is 4.39 Å². The minimum Gasteiger partial charge on any atom is -0.481 e. The lowest BCUT2D eigenvalue weighted by Crippen LogP contribution is -2.30. The van der Waals surface area contributed by atoms with E-state index in [0.29, 0.717) is 11.6 Å². The highest BCUT2D eigenvalue weighted by atomic mass is 19.1. The van der Waals surface area contributed by atoms with Crippen LogP contribution in [0, 0.1) is 5.82 Å². The Hall–Kier alpha value is -3.74. The van der Waals surface area contributed by atoms with E-state index >= 15 is 0 Å². The fourth-order valence-electron chi connectivity index (χ4n) is 2.78. The zero-order valence-corrected chi connectivity index (χ0v) is 14.9. The predicted octanol–water partition coefficient (Wildman–Crippen LogP) is 4.43. The number of anilines is 1. The molecular weight excluding hydrogens is 361 g/mol. The average Bonchev–Trinajstić information content (AvgIpc) is 3.17. The molecule has 0 saturated carbocycles. The van der Waals surface area contributed by atoms with E-state index < -0.39 is 12.0 Å². The van der Waals surface area contributed by atoms with Crippen LogP contribution < -0.4 is 10.1 Å². The molecule has 140 valence electrons. The number of nitrogens with zero attached hydrogens (tertiary/aromatic N) is 2. The van der Waals surface area contributed by atoms with Crippen molar-refractivity contribution in [3.8, 4) is 17.2 Å². The van der Waals surface area contributed by atoms with Crippen molar-refractivity contribution in [3.63, 3.8) is 0 Å². The third-order valence-electron chi connectivity index (χ3n) is 4.18. The van der Waals surface area contributed by atoms with Crippen molar-refractivity contribution in [2.24, 2.45) is 0 Å². The van der Waals surface area contributed by atoms with Crippen LogP contribution in [0.15, 0.2) is 71.3 Å². The Bertz CT molecular complexity index is 1120. The Labute approximate surface area is 159 Å². The van der Waals surface area contributed by atoms with Gasteiger partial charge in [-0.2, -0.15) is 4.98 Å². The SMILES string of the molecule is CC(Oc1ccc(F)cc1)C(=O)Nc1noc(-c2cccc3ccccc23)n1. The number of amides is 1. The van der Waals surface area contributed by atoms with Gasteiger partial charge in [-0.05, 0) is 53.2 Å². The number of fused-ring (bicyclic) bond motifs is 1. The van der Waals surface area contributed by atoms with E-state index in [2.05, 4.69) is 15.5 Å². The lowest BCUT2D eigenvalue weighted by Gasteiger charge is -2.13. The van der Waals surface area contributed by atoms with E-state index in [0.717, 1.165) is 16.3 Å². The first-order chi connectivity index (χ1) is 13.6. The smallest absolute Gasteiger partial charge is 0.270 e. The molecule has 1 atom stereocenters. The van der Waals surface area contributed by atoms with Gasteiger partial charge in [0.2, 0.25) is 0 Å². The molecule has 0 aliphatic carbocycles. The first-order valence-corrected chi connectivity index (χ1v) is 8.65. The molecule has 0 saturated heterocycles. The van der Waals surface area contributed by atoms with Gasteiger partial charge in [0.05, 0.1) is 0 Å². The number of halogens is 1. The molecule has 4 rings (SSSR count). The molecule has 28 heavy (non-hydrogen) atoms. The normalized spacial score (nSPS) is 11.9. The first kappa shape index (κ1) is 17.7. The van der Waals surface area contributed by atoms with Gasteiger partial charge in [-0.3, -0.25) is 10.1 Å². The molecular formula is C21H16FN3O3. The van der Waals surface area contributed by atoms with E-state index in [1.54, 1.807) is 6.92 Å². The molecule has 0 bridgehead atoms. The summed E-state index contributed by atoms with van der Waals surface area (Å²) in [5, 5.41) is 8.39. The molecule has 0 spiro atoms. The summed E-state index contributed by atoms with van der Waals surface area (Å²) in [7, 11) is 0. The largest absolute Gasteiger partial charge is 0.481 e. The fourth-order valence-corrected chi connectivity index (χ4v) is 2.78. The number of hydrogen-bond acceptors (Lipinski definition) is 5. The quantitative estimate of drug-likeness (QED) is 0.557. The minimum absolute atomic E-state index is 0.0440. The van der Waals surface area contributed by atoms with E-state index in [1.807, 2.05) is 42.5 Å². The van der Waals surface area contributed by atoms with Gasteiger partial charge in [0, 0.05) is 5.56 Å². The molecule has 1 heterocycles. The van der Waals surface area contributed by atoms with Crippen molar-refractivity contribution in [3.05, 3.63) is 72.5 Å². The summed E-state index contributed by atoms with van der Waals surface area (Å²) < 4.78 is 23.7. The molecule has 0 aliphatic heterocycles. The molecule has 6 nitrogen and oxygen atoms in total. The minimum atomic E-state index is -0.829. The van der Waals surface area contributed by atoms with Crippen LogP contribution in [0.3, 0.4) is 0 Å². The second-order valence-corrected chi connectivity index (χ2v) is 6.15. The lowest BCUT2D eigenvalue weighted by atomic mass is 10.0. The standard InChI is InChI=1S/C21H16FN3O3/c1-13(27-16-11-9-15(22)10-12-16)19(26)23-21-24-20(28-25-21)18-8-4-6-14-5-2-3-7-17(14)18/h2-13H,1H3,(H,23,25,26). The summed E-state index contributed by atoms with van der Waals surface area (Å²) in [5.41, 5.74) is 0.779. The highest BCUT2D eigenvalue weighted by Crippen LogP contribution is 2.27. The summed E-state index contributed by atoms with van der Waals surface area (Å²) in [4.78, 5) is 16.6. The maximum Gasteiger partial charge on any atom is 0.270 e. The van der Waals surface area contributed by atoms with Crippen LogP contribution in [0.2, 0.25) is 0 Å². The Morgan fingerprint density at radius 1 is 1.07 bits per heavy atom. The predicted molar refractivity (Wildman–Crippen MR) is 102 cm³/mol. The number of hydrogen-bond donors (Lipinski definition) is 1. The zero-order valence-electron chi connectivity index (χ0n) is 14.9. The van der Waals surface area contributed by atoms with Crippen LogP contribution in [-0.2, 0) is 4.79 Å². The summed E-state index contributed by atoms with van der Waals surface area (Å²) in [6.07, 6.45) is -0.829. The van der Waals surface area contributed by atoms with Crippen LogP contribution in [0.4, 0.5) is 10.3 Å². The molecule has 3 aromatic carbocycles. The van der Waals surface area contributed by atoms with Gasteiger partial charge in [-0.15, -0.1) is 0 Å². The summed E-state index contributed by atoms with van der Waals surface area (Å²) >= 11 is 0. The highest BCUT2D eigenvalue weighted by Gasteiger charge is 2.19. The molecule has 0 aliphatic rings. The summed E-state index contributed by atoms with van der Waals surface area (Å²) in [5.74, 6) is -0.0953. The highest BCUT2D eigenvalue weighted by molar-refractivity contribution is 5.95. The fraction of sp³-hybridized carbons (Fsp3) is 0.0952. The van der Waals surface area contributed by atoms with E-state index in [4.69, 9.17) is 9.26 Å². The molecule has 7 heteroatoms. The van der Waals surface area contributed by atoms with Crippen molar-refractivity contribution >= 4 is 22.6 Å². The number of benzene rings is 3. The van der Waals surface area contributed by atoms with Crippen molar-refractivity contribution in [2.45, 2.75) is 13.0 Å². The van der Waals surface area contributed by atoms with Gasteiger partial charge >= 0.3 is 0 Å². The van der Waals surface area contributed by atoms with Crippen LogP contribution in [0.25, 0.3) is 22.2 Å².